The van der Waals surface area contributed by atoms with Gasteiger partial charge in [0.1, 0.15) is 11.8 Å². The standard InChI is InChI=1S/C28H20BrN3O6/c1-38-21-10-9-16(13-20(21)29)26(33)25-23-22(24-19-8-3-2-5-15(19)11-12-30(24)25)27(34)31(28(23)35)17-6-4-7-18(14-17)32(36)37/h2-14,22-25H,1H3/t22-,23-,24-,25+/m1/s1. The second-order valence-corrected chi connectivity index (χ2v) is 10.2. The molecule has 0 radical (unpaired) electrons. The van der Waals surface area contributed by atoms with Crippen LogP contribution in [0.1, 0.15) is 27.5 Å². The fourth-order valence-electron chi connectivity index (χ4n) is 5.85. The molecule has 3 heterocycles. The Morgan fingerprint density at radius 3 is 2.50 bits per heavy atom. The van der Waals surface area contributed by atoms with E-state index in [0.29, 0.717) is 15.8 Å². The molecule has 0 saturated carbocycles. The van der Waals surface area contributed by atoms with Gasteiger partial charge >= 0.3 is 0 Å². The van der Waals surface area contributed by atoms with Gasteiger partial charge in [0.2, 0.25) is 11.8 Å². The Bertz CT molecular complexity index is 1570. The van der Waals surface area contributed by atoms with E-state index in [1.54, 1.807) is 24.4 Å². The maximum Gasteiger partial charge on any atom is 0.271 e. The average molecular weight is 574 g/mol. The van der Waals surface area contributed by atoms with Gasteiger partial charge in [0.25, 0.3) is 5.69 Å². The Hall–Kier alpha value is -4.31. The number of non-ortho nitro benzene ring substituents is 1. The van der Waals surface area contributed by atoms with Crippen molar-refractivity contribution in [3.63, 3.8) is 0 Å². The molecule has 4 atom stereocenters. The summed E-state index contributed by atoms with van der Waals surface area (Å²) in [6.45, 7) is 0. The van der Waals surface area contributed by atoms with Crippen LogP contribution in [0, 0.1) is 22.0 Å². The number of carbonyl (C=O) groups excluding carboxylic acids is 3. The summed E-state index contributed by atoms with van der Waals surface area (Å²) in [6, 6.07) is 16.5. The number of amides is 2. The monoisotopic (exact) mass is 573 g/mol. The molecule has 10 heteroatoms. The number of ether oxygens (including phenoxy) is 1. The van der Waals surface area contributed by atoms with Gasteiger partial charge in [-0.2, -0.15) is 0 Å². The van der Waals surface area contributed by atoms with Crippen molar-refractivity contribution >= 4 is 51.0 Å². The number of carbonyl (C=O) groups is 3. The molecular weight excluding hydrogens is 554 g/mol. The highest BCUT2D eigenvalue weighted by molar-refractivity contribution is 9.10. The number of anilines is 1. The summed E-state index contributed by atoms with van der Waals surface area (Å²) in [5.74, 6) is -2.60. The normalized spacial score (nSPS) is 23.2. The number of fused-ring (bicyclic) bond motifs is 5. The van der Waals surface area contributed by atoms with Crippen LogP contribution in [0.4, 0.5) is 11.4 Å². The number of nitrogens with zero attached hydrogens (tertiary/aromatic N) is 3. The fraction of sp³-hybridized carbons (Fsp3) is 0.179. The molecule has 2 fully saturated rings. The zero-order valence-corrected chi connectivity index (χ0v) is 21.6. The molecule has 190 valence electrons. The predicted molar refractivity (Wildman–Crippen MR) is 141 cm³/mol. The lowest BCUT2D eigenvalue weighted by Crippen LogP contribution is -2.44. The van der Waals surface area contributed by atoms with Gasteiger partial charge in [0.05, 0.1) is 40.1 Å². The first-order valence-corrected chi connectivity index (χ1v) is 12.7. The van der Waals surface area contributed by atoms with Gasteiger partial charge in [-0.05, 0) is 57.4 Å². The molecule has 2 amide bonds. The lowest BCUT2D eigenvalue weighted by atomic mass is 9.83. The Morgan fingerprint density at radius 1 is 1.00 bits per heavy atom. The van der Waals surface area contributed by atoms with Crippen LogP contribution in [-0.2, 0) is 9.59 Å². The maximum absolute atomic E-state index is 14.0. The molecule has 3 aliphatic rings. The molecule has 0 spiro atoms. The number of imide groups is 1. The van der Waals surface area contributed by atoms with Crippen LogP contribution in [0.2, 0.25) is 0 Å². The van der Waals surface area contributed by atoms with Crippen LogP contribution in [0.5, 0.6) is 5.75 Å². The third kappa shape index (κ3) is 3.47. The third-order valence-corrected chi connectivity index (χ3v) is 8.08. The summed E-state index contributed by atoms with van der Waals surface area (Å²) < 4.78 is 5.87. The zero-order valence-electron chi connectivity index (χ0n) is 20.0. The van der Waals surface area contributed by atoms with Crippen molar-refractivity contribution in [1.82, 2.24) is 4.90 Å². The van der Waals surface area contributed by atoms with E-state index in [4.69, 9.17) is 4.74 Å². The van der Waals surface area contributed by atoms with E-state index in [9.17, 15) is 24.5 Å². The number of Topliss-reactive ketones (excluding diaryl/α,β-unsaturated/α-hetero) is 1. The first kappa shape index (κ1) is 24.1. The molecule has 9 nitrogen and oxygen atoms in total. The number of ketones is 1. The lowest BCUT2D eigenvalue weighted by molar-refractivity contribution is -0.384. The van der Waals surface area contributed by atoms with Gasteiger partial charge in [-0.15, -0.1) is 0 Å². The minimum Gasteiger partial charge on any atom is -0.496 e. The fourth-order valence-corrected chi connectivity index (χ4v) is 6.39. The molecular formula is C28H20BrN3O6. The molecule has 0 aromatic heterocycles. The molecule has 0 unspecified atom stereocenters. The van der Waals surface area contributed by atoms with Crippen molar-refractivity contribution in [2.45, 2.75) is 12.1 Å². The highest BCUT2D eigenvalue weighted by atomic mass is 79.9. The Balaban J connectivity index is 1.48. The lowest BCUT2D eigenvalue weighted by Gasteiger charge is -2.35. The number of rotatable bonds is 5. The van der Waals surface area contributed by atoms with Gasteiger partial charge in [0, 0.05) is 23.9 Å². The van der Waals surface area contributed by atoms with Crippen LogP contribution < -0.4 is 9.64 Å². The number of methoxy groups -OCH3 is 1. The average Bonchev–Trinajstić information content (AvgIpc) is 3.40. The van der Waals surface area contributed by atoms with E-state index in [1.165, 1.54) is 31.4 Å². The maximum atomic E-state index is 14.0. The second kappa shape index (κ2) is 8.91. The molecule has 38 heavy (non-hydrogen) atoms. The molecule has 6 rings (SSSR count). The molecule has 3 aromatic carbocycles. The van der Waals surface area contributed by atoms with Crippen LogP contribution in [-0.4, -0.2) is 40.6 Å². The SMILES string of the molecule is COc1ccc(C(=O)[C@@H]2[C@@H]3C(=O)N(c4cccc([N+](=O)[O-])c4)C(=O)[C@H]3[C@H]3c4ccccc4C=CN23)cc1Br. The summed E-state index contributed by atoms with van der Waals surface area (Å²) >= 11 is 3.42. The van der Waals surface area contributed by atoms with Crippen molar-refractivity contribution in [1.29, 1.82) is 0 Å². The van der Waals surface area contributed by atoms with Crippen molar-refractivity contribution in [2.75, 3.05) is 12.0 Å². The van der Waals surface area contributed by atoms with E-state index in [-0.39, 0.29) is 17.2 Å². The Morgan fingerprint density at radius 2 is 1.76 bits per heavy atom. The molecule has 3 aromatic rings. The third-order valence-electron chi connectivity index (χ3n) is 7.47. The first-order chi connectivity index (χ1) is 18.3. The number of nitro benzene ring substituents is 1. The molecule has 0 bridgehead atoms. The van der Waals surface area contributed by atoms with Crippen molar-refractivity contribution in [3.05, 3.63) is 104 Å². The van der Waals surface area contributed by atoms with Crippen LogP contribution in [0.3, 0.4) is 0 Å². The minimum absolute atomic E-state index is 0.119. The van der Waals surface area contributed by atoms with Crippen molar-refractivity contribution < 1.29 is 24.0 Å². The van der Waals surface area contributed by atoms with Gasteiger partial charge in [0.15, 0.2) is 5.78 Å². The molecule has 2 saturated heterocycles. The van der Waals surface area contributed by atoms with Crippen LogP contribution >= 0.6 is 15.9 Å². The van der Waals surface area contributed by atoms with E-state index in [1.807, 2.05) is 35.2 Å². The number of halogens is 1. The summed E-state index contributed by atoms with van der Waals surface area (Å²) in [5.41, 5.74) is 2.00. The topological polar surface area (TPSA) is 110 Å². The predicted octanol–water partition coefficient (Wildman–Crippen LogP) is 4.76. The van der Waals surface area contributed by atoms with E-state index >= 15 is 0 Å². The van der Waals surface area contributed by atoms with Gasteiger partial charge < -0.3 is 9.64 Å². The first-order valence-electron chi connectivity index (χ1n) is 11.9. The summed E-state index contributed by atoms with van der Waals surface area (Å²) in [5, 5.41) is 11.4. The van der Waals surface area contributed by atoms with Crippen molar-refractivity contribution in [2.24, 2.45) is 11.8 Å². The van der Waals surface area contributed by atoms with Gasteiger partial charge in [-0.25, -0.2) is 4.90 Å². The summed E-state index contributed by atoms with van der Waals surface area (Å²) in [7, 11) is 1.52. The smallest absolute Gasteiger partial charge is 0.271 e. The highest BCUT2D eigenvalue weighted by Gasteiger charge is 2.64. The van der Waals surface area contributed by atoms with E-state index in [2.05, 4.69) is 15.9 Å². The quantitative estimate of drug-likeness (QED) is 0.187. The Labute approximate surface area is 225 Å². The van der Waals surface area contributed by atoms with E-state index in [0.717, 1.165) is 16.0 Å². The van der Waals surface area contributed by atoms with Gasteiger partial charge in [-0.1, -0.05) is 30.3 Å². The second-order valence-electron chi connectivity index (χ2n) is 9.34. The summed E-state index contributed by atoms with van der Waals surface area (Å²) in [6.07, 6.45) is 3.66. The van der Waals surface area contributed by atoms with Crippen molar-refractivity contribution in [3.8, 4) is 5.75 Å². The largest absolute Gasteiger partial charge is 0.496 e. The van der Waals surface area contributed by atoms with Crippen LogP contribution in [0.15, 0.2) is 77.4 Å². The molecule has 0 aliphatic carbocycles. The summed E-state index contributed by atoms with van der Waals surface area (Å²) in [4.78, 5) is 55.5. The number of benzene rings is 3. The number of hydrogen-bond donors (Lipinski definition) is 0. The van der Waals surface area contributed by atoms with Crippen LogP contribution in [0.25, 0.3) is 6.08 Å². The number of nitro groups is 1. The van der Waals surface area contributed by atoms with E-state index < -0.39 is 40.7 Å². The minimum atomic E-state index is -0.976. The van der Waals surface area contributed by atoms with Gasteiger partial charge in [-0.3, -0.25) is 24.5 Å². The zero-order chi connectivity index (χ0) is 26.7. The molecule has 0 N–H and O–H groups in total. The Kier molecular flexibility index (Phi) is 5.64. The molecule has 3 aliphatic heterocycles. The highest BCUT2D eigenvalue weighted by Crippen LogP contribution is 2.54. The number of hydrogen-bond acceptors (Lipinski definition) is 7.